The molecule has 6 atom stereocenters. The molecule has 2 fully saturated rings. The maximum Gasteiger partial charge on any atom is 0.408 e. The lowest BCUT2D eigenvalue weighted by atomic mass is 9.75. The highest BCUT2D eigenvalue weighted by molar-refractivity contribution is 6.15. The summed E-state index contributed by atoms with van der Waals surface area (Å²) in [6.07, 6.45) is 13.7. The van der Waals surface area contributed by atoms with Gasteiger partial charge in [-0.3, -0.25) is 9.59 Å². The molecule has 4 rings (SSSR count). The molecule has 2 amide bonds. The average Bonchev–Trinajstić information content (AvgIpc) is 3.15. The summed E-state index contributed by atoms with van der Waals surface area (Å²) >= 11 is 5.35. The summed E-state index contributed by atoms with van der Waals surface area (Å²) in [5, 5.41) is 13.0. The Hall–Kier alpha value is -4.45. The van der Waals surface area contributed by atoms with Crippen molar-refractivity contribution in [1.29, 1.82) is 0 Å². The number of benzene rings is 1. The van der Waals surface area contributed by atoms with Crippen molar-refractivity contribution >= 4 is 47.4 Å². The molecular formula is C45H70ClN4O9+. The number of halogens is 1. The van der Waals surface area contributed by atoms with E-state index in [1.807, 2.05) is 13.8 Å². The Morgan fingerprint density at radius 3 is 1.86 bits per heavy atom. The number of carboxylic acids is 1. The van der Waals surface area contributed by atoms with Gasteiger partial charge < -0.3 is 35.7 Å². The fraction of sp³-hybridized carbons (Fsp3) is 0.622. The molecule has 2 saturated carbocycles. The first-order valence-electron chi connectivity index (χ1n) is 20.8. The molecule has 0 radical (unpaired) electrons. The van der Waals surface area contributed by atoms with E-state index in [1.54, 1.807) is 63.3 Å². The topological polar surface area (TPSA) is 195 Å². The van der Waals surface area contributed by atoms with E-state index < -0.39 is 24.2 Å². The van der Waals surface area contributed by atoms with E-state index in [0.29, 0.717) is 58.0 Å². The normalized spacial score (nSPS) is 22.1. The fourth-order valence-corrected chi connectivity index (χ4v) is 7.14. The predicted molar refractivity (Wildman–Crippen MR) is 232 cm³/mol. The van der Waals surface area contributed by atoms with Gasteiger partial charge in [0, 0.05) is 6.08 Å². The van der Waals surface area contributed by atoms with Gasteiger partial charge in [0.2, 0.25) is 11.6 Å². The minimum atomic E-state index is -1.10. The third-order valence-electron chi connectivity index (χ3n) is 9.98. The Morgan fingerprint density at radius 2 is 1.39 bits per heavy atom. The number of hydrogen-bond donors (Lipinski definition) is 5. The first kappa shape index (κ1) is 52.6. The Balaban J connectivity index is 0.000000459. The molecule has 0 aromatic heterocycles. The number of carboxylic acid groups (broad SMARTS) is 1. The highest BCUT2D eigenvalue weighted by Gasteiger charge is 2.36. The smallest absolute Gasteiger partial charge is 0.408 e. The van der Waals surface area contributed by atoms with Gasteiger partial charge in [0.15, 0.2) is 5.57 Å². The van der Waals surface area contributed by atoms with Gasteiger partial charge in [-0.05, 0) is 106 Å². The lowest BCUT2D eigenvalue weighted by molar-refractivity contribution is -0.150. The number of ether oxygens (including phenoxy) is 3. The van der Waals surface area contributed by atoms with Crippen LogP contribution in [0, 0.1) is 41.6 Å². The third-order valence-corrected chi connectivity index (χ3v) is 10.1. The molecule has 3 aliphatic carbocycles. The van der Waals surface area contributed by atoms with E-state index in [2.05, 4.69) is 63.1 Å². The van der Waals surface area contributed by atoms with Crippen molar-refractivity contribution in [1.82, 2.24) is 10.2 Å². The number of para-hydroxylation sites is 1. The Morgan fingerprint density at radius 1 is 0.864 bits per heavy atom. The summed E-state index contributed by atoms with van der Waals surface area (Å²) < 4.78 is 16.4. The minimum Gasteiger partial charge on any atom is -0.480 e. The second-order valence-electron chi connectivity index (χ2n) is 16.7. The molecular weight excluding hydrogens is 776 g/mol. The molecule has 0 heterocycles. The Bertz CT molecular complexity index is 1600. The number of carbonyl (C=O) groups is 5. The second-order valence-corrected chi connectivity index (χ2v) is 17.0. The molecule has 1 aromatic carbocycles. The first-order valence-corrected chi connectivity index (χ1v) is 21.2. The SMILES string of the molecule is CC.CC(C)(C)OC(=O)NCC(=O)O.CC(C)[C@@H]1CC[C@@H](C)C[C@H]1OC(=O)C1=CC=C[C+]=C1N.CC(C)[C@@H]1CC[C@@H](C)C[C@H]1OC(=O)c1ccccc1NC(=O)CNCl. The molecule has 6 N–H and O–H groups in total. The number of carbonyl (C=O) groups excluding carboxylic acids is 4. The van der Waals surface area contributed by atoms with Crippen molar-refractivity contribution in [2.45, 2.75) is 132 Å². The van der Waals surface area contributed by atoms with E-state index in [-0.39, 0.29) is 36.6 Å². The van der Waals surface area contributed by atoms with Crippen LogP contribution in [0.15, 0.2) is 53.8 Å². The first-order chi connectivity index (χ1) is 27.7. The van der Waals surface area contributed by atoms with Crippen LogP contribution in [-0.2, 0) is 28.6 Å². The van der Waals surface area contributed by atoms with E-state index >= 15 is 0 Å². The van der Waals surface area contributed by atoms with Gasteiger partial charge in [-0.25, -0.2) is 19.2 Å². The van der Waals surface area contributed by atoms with Crippen LogP contribution < -0.4 is 21.2 Å². The van der Waals surface area contributed by atoms with Crippen LogP contribution in [-0.4, -0.2) is 65.9 Å². The summed E-state index contributed by atoms with van der Waals surface area (Å²) in [4.78, 5) is 59.8. The van der Waals surface area contributed by atoms with Gasteiger partial charge in [0.1, 0.15) is 30.4 Å². The van der Waals surface area contributed by atoms with Crippen LogP contribution in [0.1, 0.15) is 125 Å². The lowest BCUT2D eigenvalue weighted by Crippen LogP contribution is -2.36. The number of aliphatic carboxylic acids is 1. The van der Waals surface area contributed by atoms with Gasteiger partial charge in [0.05, 0.1) is 29.9 Å². The molecule has 0 saturated heterocycles. The zero-order valence-electron chi connectivity index (χ0n) is 37.0. The summed E-state index contributed by atoms with van der Waals surface area (Å²) in [7, 11) is 0. The van der Waals surface area contributed by atoms with Gasteiger partial charge in [-0.1, -0.05) is 80.4 Å². The van der Waals surface area contributed by atoms with Crippen molar-refractivity contribution in [3.05, 3.63) is 65.4 Å². The van der Waals surface area contributed by atoms with Crippen LogP contribution in [0.5, 0.6) is 0 Å². The standard InChI is InChI=1S/C19H27ClN2O3.C17H23NO2.C7H13NO4.C2H6/c1-12(2)14-9-8-13(3)10-17(14)25-19(24)15-6-4-5-7-16(15)22-18(23)11-21-20;1-11(2)13-9-8-12(3)10-16(13)20-17(19)14-6-4-5-7-15(14)18;1-7(2,3)12-6(11)8-4-5(9)10;1-2/h4-7,12-14,17,21H,8-11H2,1-3H3,(H,22,23);4-6,11-13,16H,8-10H2,1-3H3,(H-,18,19);4H2,1-3H3,(H,8,11)(H,9,10);1-2H3/p+1/t13-,14+,17-;12-,13+,16-;;/m11../s1. The zero-order chi connectivity index (χ0) is 44.9. The van der Waals surface area contributed by atoms with Gasteiger partial charge in [-0.2, -0.15) is 0 Å². The number of nitrogens with one attached hydrogen (secondary N) is 3. The van der Waals surface area contributed by atoms with Gasteiger partial charge in [-0.15, -0.1) is 0 Å². The summed E-state index contributed by atoms with van der Waals surface area (Å²) in [6, 6.07) is 6.88. The van der Waals surface area contributed by atoms with E-state index in [1.165, 1.54) is 12.8 Å². The van der Waals surface area contributed by atoms with E-state index in [9.17, 15) is 24.0 Å². The second kappa shape index (κ2) is 26.6. The van der Waals surface area contributed by atoms with Crippen molar-refractivity contribution < 1.29 is 43.3 Å². The average molecular weight is 847 g/mol. The zero-order valence-corrected chi connectivity index (χ0v) is 37.7. The van der Waals surface area contributed by atoms with Crippen LogP contribution in [0.25, 0.3) is 0 Å². The van der Waals surface area contributed by atoms with Crippen molar-refractivity contribution in [3.63, 3.8) is 0 Å². The number of nitrogens with two attached hydrogens (primary N) is 1. The van der Waals surface area contributed by atoms with E-state index in [0.717, 1.165) is 25.7 Å². The highest BCUT2D eigenvalue weighted by atomic mass is 35.5. The molecule has 59 heavy (non-hydrogen) atoms. The maximum atomic E-state index is 12.7. The lowest BCUT2D eigenvalue weighted by Gasteiger charge is -2.36. The molecule has 14 heteroatoms. The van der Waals surface area contributed by atoms with Crippen molar-refractivity contribution in [2.75, 3.05) is 18.4 Å². The third kappa shape index (κ3) is 19.9. The quantitative estimate of drug-likeness (QED) is 0.0619. The number of rotatable bonds is 11. The summed E-state index contributed by atoms with van der Waals surface area (Å²) in [5.41, 5.74) is 6.79. The number of esters is 2. The number of alkyl carbamates (subject to hydrolysis) is 1. The number of hydrogen-bond acceptors (Lipinski definition) is 10. The molecule has 3 aliphatic rings. The minimum absolute atomic E-state index is 0.00542. The summed E-state index contributed by atoms with van der Waals surface area (Å²) in [6.45, 7) is 21.8. The number of allylic oxidation sites excluding steroid dienone is 4. The molecule has 0 spiro atoms. The van der Waals surface area contributed by atoms with Crippen molar-refractivity contribution in [2.24, 2.45) is 41.2 Å². The van der Waals surface area contributed by atoms with Crippen LogP contribution in [0.2, 0.25) is 0 Å². The molecule has 330 valence electrons. The fourth-order valence-electron chi connectivity index (χ4n) is 7.02. The summed E-state index contributed by atoms with van der Waals surface area (Å²) in [5.74, 6) is 0.868. The molecule has 1 aromatic rings. The monoisotopic (exact) mass is 845 g/mol. The predicted octanol–water partition coefficient (Wildman–Crippen LogP) is 8.74. The van der Waals surface area contributed by atoms with Crippen molar-refractivity contribution in [3.8, 4) is 0 Å². The van der Waals surface area contributed by atoms with E-state index in [4.69, 9.17) is 36.8 Å². The van der Waals surface area contributed by atoms with Gasteiger partial charge >= 0.3 is 24.0 Å². The number of amides is 2. The van der Waals surface area contributed by atoms with Crippen LogP contribution in [0.3, 0.4) is 0 Å². The largest absolute Gasteiger partial charge is 0.480 e. The molecule has 13 nitrogen and oxygen atoms in total. The van der Waals surface area contributed by atoms with Gasteiger partial charge in [0.25, 0.3) is 0 Å². The molecule has 0 bridgehead atoms. The van der Waals surface area contributed by atoms with Crippen LogP contribution >= 0.6 is 11.8 Å². The van der Waals surface area contributed by atoms with Crippen LogP contribution in [0.4, 0.5) is 10.5 Å². The molecule has 0 aliphatic heterocycles. The number of anilines is 1. The molecule has 0 unspecified atom stereocenters. The maximum absolute atomic E-state index is 12.7. The Labute approximate surface area is 357 Å². The highest BCUT2D eigenvalue weighted by Crippen LogP contribution is 2.37. The Kier molecular flexibility index (Phi) is 23.7.